The molecule has 5 heteroatoms. The van der Waals surface area contributed by atoms with Gasteiger partial charge in [-0.1, -0.05) is 13.0 Å². The molecular formula is C12H18ClNO3. The van der Waals surface area contributed by atoms with E-state index in [-0.39, 0.29) is 36.1 Å². The lowest BCUT2D eigenvalue weighted by molar-refractivity contribution is -0.0228. The summed E-state index contributed by atoms with van der Waals surface area (Å²) >= 11 is 0. The van der Waals surface area contributed by atoms with Crippen LogP contribution in [0, 0.1) is 0 Å². The van der Waals surface area contributed by atoms with E-state index < -0.39 is 0 Å². The van der Waals surface area contributed by atoms with Gasteiger partial charge in [0.1, 0.15) is 0 Å². The van der Waals surface area contributed by atoms with Gasteiger partial charge in [0.25, 0.3) is 0 Å². The minimum absolute atomic E-state index is 0. The summed E-state index contributed by atoms with van der Waals surface area (Å²) in [5, 5.41) is 19.3. The zero-order valence-electron chi connectivity index (χ0n) is 9.72. The summed E-state index contributed by atoms with van der Waals surface area (Å²) in [6.45, 7) is 2.41. The molecule has 4 nitrogen and oxygen atoms in total. The minimum atomic E-state index is -0.180. The minimum Gasteiger partial charge on any atom is -0.504 e. The molecule has 0 fully saturated rings. The Labute approximate surface area is 107 Å². The summed E-state index contributed by atoms with van der Waals surface area (Å²) in [6, 6.07) is 3.25. The van der Waals surface area contributed by atoms with Crippen molar-refractivity contribution in [2.24, 2.45) is 5.73 Å². The topological polar surface area (TPSA) is 75.7 Å². The Morgan fingerprint density at radius 1 is 1.41 bits per heavy atom. The van der Waals surface area contributed by atoms with Gasteiger partial charge in [-0.05, 0) is 18.1 Å². The third-order valence-corrected chi connectivity index (χ3v) is 3.10. The van der Waals surface area contributed by atoms with Crippen LogP contribution in [0.25, 0.3) is 0 Å². The average molecular weight is 260 g/mol. The second-order valence-electron chi connectivity index (χ2n) is 4.10. The Morgan fingerprint density at radius 3 is 2.71 bits per heavy atom. The molecule has 1 heterocycles. The Bertz CT molecular complexity index is 398. The lowest BCUT2D eigenvalue weighted by Gasteiger charge is -2.31. The molecule has 0 saturated carbocycles. The van der Waals surface area contributed by atoms with E-state index in [2.05, 4.69) is 0 Å². The van der Waals surface area contributed by atoms with Crippen molar-refractivity contribution >= 4 is 12.4 Å². The Balaban J connectivity index is 0.00000144. The summed E-state index contributed by atoms with van der Waals surface area (Å²) in [5.41, 5.74) is 7.32. The highest BCUT2D eigenvalue weighted by Gasteiger charge is 2.28. The molecule has 1 aromatic rings. The molecule has 0 aliphatic carbocycles. The van der Waals surface area contributed by atoms with E-state index in [0.717, 1.165) is 17.5 Å². The van der Waals surface area contributed by atoms with Gasteiger partial charge < -0.3 is 20.7 Å². The monoisotopic (exact) mass is 259 g/mol. The molecule has 0 amide bonds. The van der Waals surface area contributed by atoms with Crippen molar-refractivity contribution < 1.29 is 14.9 Å². The van der Waals surface area contributed by atoms with Gasteiger partial charge in [0, 0.05) is 18.5 Å². The first kappa shape index (κ1) is 14.1. The zero-order chi connectivity index (χ0) is 11.7. The molecule has 0 saturated heterocycles. The first-order valence-corrected chi connectivity index (χ1v) is 5.56. The molecule has 1 aromatic carbocycles. The third kappa shape index (κ3) is 2.49. The maximum absolute atomic E-state index is 9.82. The number of phenolic OH excluding ortho intramolecular Hbond substituents is 2. The Kier molecular flexibility index (Phi) is 4.62. The summed E-state index contributed by atoms with van der Waals surface area (Å²) in [6.07, 6.45) is 1.38. The molecule has 0 aromatic heterocycles. The highest BCUT2D eigenvalue weighted by atomic mass is 35.5. The van der Waals surface area contributed by atoms with Crippen molar-refractivity contribution in [3.63, 3.8) is 0 Å². The van der Waals surface area contributed by atoms with Crippen molar-refractivity contribution in [3.8, 4) is 11.5 Å². The van der Waals surface area contributed by atoms with E-state index in [1.54, 1.807) is 6.07 Å². The molecule has 17 heavy (non-hydrogen) atoms. The fourth-order valence-electron chi connectivity index (χ4n) is 2.16. The lowest BCUT2D eigenvalue weighted by Crippen LogP contribution is -2.29. The molecule has 96 valence electrons. The van der Waals surface area contributed by atoms with Crippen LogP contribution in [-0.2, 0) is 11.2 Å². The zero-order valence-corrected chi connectivity index (χ0v) is 10.5. The smallest absolute Gasteiger partial charge is 0.161 e. The number of nitrogens with two attached hydrogens (primary N) is 1. The first-order chi connectivity index (χ1) is 7.67. The predicted octanol–water partition coefficient (Wildman–Crippen LogP) is 1.87. The van der Waals surface area contributed by atoms with Crippen molar-refractivity contribution in [3.05, 3.63) is 23.3 Å². The molecule has 0 bridgehead atoms. The second kappa shape index (κ2) is 5.58. The van der Waals surface area contributed by atoms with Crippen LogP contribution in [0.4, 0.5) is 0 Å². The standard InChI is InChI=1S/C12H17NO3.ClH/c1-2-7-5-9-8(11(6-13)16-7)3-4-10(14)12(9)15;/h3-4,7,11,14-15H,2,5-6,13H2,1H3;1H/t7-,11-;/m0./s1. The van der Waals surface area contributed by atoms with Crippen molar-refractivity contribution in [2.75, 3.05) is 6.54 Å². The van der Waals surface area contributed by atoms with Gasteiger partial charge in [0.15, 0.2) is 11.5 Å². The second-order valence-corrected chi connectivity index (χ2v) is 4.10. The van der Waals surface area contributed by atoms with Gasteiger partial charge >= 0.3 is 0 Å². The van der Waals surface area contributed by atoms with Crippen LogP contribution in [0.5, 0.6) is 11.5 Å². The third-order valence-electron chi connectivity index (χ3n) is 3.10. The Hall–Kier alpha value is -0.970. The highest BCUT2D eigenvalue weighted by molar-refractivity contribution is 5.85. The number of fused-ring (bicyclic) bond motifs is 1. The summed E-state index contributed by atoms with van der Waals surface area (Å²) in [5.74, 6) is -0.107. The SMILES string of the molecule is CC[C@H]1Cc2c(ccc(O)c2O)[C@H](CN)O1.Cl. The summed E-state index contributed by atoms with van der Waals surface area (Å²) in [4.78, 5) is 0. The first-order valence-electron chi connectivity index (χ1n) is 5.56. The van der Waals surface area contributed by atoms with Crippen LogP contribution in [0.2, 0.25) is 0 Å². The van der Waals surface area contributed by atoms with Crippen LogP contribution in [0.15, 0.2) is 12.1 Å². The molecular weight excluding hydrogens is 242 g/mol. The van der Waals surface area contributed by atoms with Gasteiger partial charge in [-0.2, -0.15) is 0 Å². The summed E-state index contributed by atoms with van der Waals surface area (Å²) in [7, 11) is 0. The average Bonchev–Trinajstić information content (AvgIpc) is 2.32. The number of phenols is 2. The van der Waals surface area contributed by atoms with Crippen LogP contribution in [-0.4, -0.2) is 22.9 Å². The van der Waals surface area contributed by atoms with Crippen LogP contribution < -0.4 is 5.73 Å². The normalized spacial score (nSPS) is 22.7. The van der Waals surface area contributed by atoms with Crippen molar-refractivity contribution in [1.29, 1.82) is 0 Å². The largest absolute Gasteiger partial charge is 0.504 e. The van der Waals surface area contributed by atoms with Crippen molar-refractivity contribution in [1.82, 2.24) is 0 Å². The van der Waals surface area contributed by atoms with Gasteiger partial charge in [-0.15, -0.1) is 12.4 Å². The Morgan fingerprint density at radius 2 is 2.12 bits per heavy atom. The fourth-order valence-corrected chi connectivity index (χ4v) is 2.16. The number of hydrogen-bond donors (Lipinski definition) is 3. The fraction of sp³-hybridized carbons (Fsp3) is 0.500. The molecule has 4 N–H and O–H groups in total. The lowest BCUT2D eigenvalue weighted by atomic mass is 9.92. The van der Waals surface area contributed by atoms with E-state index in [1.807, 2.05) is 6.92 Å². The van der Waals surface area contributed by atoms with Crippen molar-refractivity contribution in [2.45, 2.75) is 32.0 Å². The van der Waals surface area contributed by atoms with Crippen LogP contribution >= 0.6 is 12.4 Å². The highest BCUT2D eigenvalue weighted by Crippen LogP contribution is 2.40. The van der Waals surface area contributed by atoms with E-state index in [0.29, 0.717) is 13.0 Å². The van der Waals surface area contributed by atoms with Gasteiger partial charge in [0.05, 0.1) is 12.2 Å². The van der Waals surface area contributed by atoms with Crippen LogP contribution in [0.1, 0.15) is 30.6 Å². The molecule has 0 radical (unpaired) electrons. The number of halogens is 1. The molecule has 0 unspecified atom stereocenters. The number of rotatable bonds is 2. The molecule has 1 aliphatic heterocycles. The van der Waals surface area contributed by atoms with E-state index >= 15 is 0 Å². The summed E-state index contributed by atoms with van der Waals surface area (Å²) < 4.78 is 5.79. The quantitative estimate of drug-likeness (QED) is 0.709. The maximum atomic E-state index is 9.82. The maximum Gasteiger partial charge on any atom is 0.161 e. The molecule has 1 aliphatic rings. The number of aromatic hydroxyl groups is 2. The number of benzene rings is 1. The van der Waals surface area contributed by atoms with Gasteiger partial charge in [0.2, 0.25) is 0 Å². The van der Waals surface area contributed by atoms with E-state index in [1.165, 1.54) is 6.07 Å². The molecule has 2 rings (SSSR count). The number of ether oxygens (including phenoxy) is 1. The molecule has 2 atom stereocenters. The van der Waals surface area contributed by atoms with Gasteiger partial charge in [-0.25, -0.2) is 0 Å². The molecule has 0 spiro atoms. The van der Waals surface area contributed by atoms with E-state index in [9.17, 15) is 10.2 Å². The van der Waals surface area contributed by atoms with Gasteiger partial charge in [-0.3, -0.25) is 0 Å². The van der Waals surface area contributed by atoms with E-state index in [4.69, 9.17) is 10.5 Å². The predicted molar refractivity (Wildman–Crippen MR) is 67.7 cm³/mol. The van der Waals surface area contributed by atoms with Crippen LogP contribution in [0.3, 0.4) is 0 Å². The number of hydrogen-bond acceptors (Lipinski definition) is 4.